The fourth-order valence-electron chi connectivity index (χ4n) is 2.06. The lowest BCUT2D eigenvalue weighted by molar-refractivity contribution is -0.137. The first-order valence-corrected chi connectivity index (χ1v) is 5.55. The predicted molar refractivity (Wildman–Crippen MR) is 60.9 cm³/mol. The van der Waals surface area contributed by atoms with Gasteiger partial charge in [-0.2, -0.15) is 13.2 Å². The van der Waals surface area contributed by atoms with E-state index in [-0.39, 0.29) is 6.04 Å². The topological polar surface area (TPSA) is 32.3 Å². The van der Waals surface area contributed by atoms with E-state index in [2.05, 4.69) is 5.32 Å². The third-order valence-corrected chi connectivity index (χ3v) is 3.01. The van der Waals surface area contributed by atoms with Crippen LogP contribution in [-0.4, -0.2) is 25.5 Å². The molecule has 0 aliphatic carbocycles. The molecule has 3 nitrogen and oxygen atoms in total. The summed E-state index contributed by atoms with van der Waals surface area (Å²) in [4.78, 5) is 12.1. The fraction of sp³-hybridized carbons (Fsp3) is 0.417. The lowest BCUT2D eigenvalue weighted by Crippen LogP contribution is -2.31. The molecule has 1 aliphatic rings. The molecule has 1 amide bonds. The normalized spacial score (nSPS) is 19.9. The number of nitrogens with one attached hydrogen (secondary N) is 1. The molecule has 1 aromatic carbocycles. The Morgan fingerprint density at radius 1 is 1.28 bits per heavy atom. The van der Waals surface area contributed by atoms with Crippen LogP contribution in [0.1, 0.15) is 12.0 Å². The number of benzene rings is 1. The van der Waals surface area contributed by atoms with Gasteiger partial charge in [0.15, 0.2) is 0 Å². The van der Waals surface area contributed by atoms with E-state index >= 15 is 0 Å². The van der Waals surface area contributed by atoms with E-state index in [4.69, 9.17) is 0 Å². The molecule has 2 rings (SSSR count). The van der Waals surface area contributed by atoms with E-state index in [0.717, 1.165) is 24.2 Å². The quantitative estimate of drug-likeness (QED) is 0.839. The van der Waals surface area contributed by atoms with Crippen LogP contribution in [0.15, 0.2) is 24.3 Å². The van der Waals surface area contributed by atoms with Gasteiger partial charge in [-0.25, -0.2) is 0 Å². The van der Waals surface area contributed by atoms with Gasteiger partial charge < -0.3 is 10.2 Å². The van der Waals surface area contributed by atoms with Crippen molar-refractivity contribution in [1.29, 1.82) is 0 Å². The minimum atomic E-state index is -4.31. The van der Waals surface area contributed by atoms with E-state index in [9.17, 15) is 18.0 Å². The number of hydrogen-bond acceptors (Lipinski definition) is 2. The zero-order valence-corrected chi connectivity index (χ0v) is 9.50. The second kappa shape index (κ2) is 4.88. The second-order valence-corrected chi connectivity index (χ2v) is 4.22. The van der Waals surface area contributed by atoms with Crippen molar-refractivity contribution in [2.24, 2.45) is 0 Å². The van der Waals surface area contributed by atoms with Gasteiger partial charge >= 0.3 is 12.6 Å². The Kier molecular flexibility index (Phi) is 3.45. The summed E-state index contributed by atoms with van der Waals surface area (Å²) in [5.74, 6) is 0. The van der Waals surface area contributed by atoms with Crippen molar-refractivity contribution in [2.45, 2.75) is 18.6 Å². The highest BCUT2D eigenvalue weighted by Crippen LogP contribution is 2.31. The number of amides is 1. The Morgan fingerprint density at radius 2 is 1.94 bits per heavy atom. The monoisotopic (exact) mass is 257 g/mol. The zero-order valence-electron chi connectivity index (χ0n) is 9.50. The van der Waals surface area contributed by atoms with Gasteiger partial charge in [0.25, 0.3) is 0 Å². The second-order valence-electron chi connectivity index (χ2n) is 4.22. The molecule has 1 saturated heterocycles. The van der Waals surface area contributed by atoms with Gasteiger partial charge in [-0.3, -0.25) is 4.79 Å². The van der Waals surface area contributed by atoms with Crippen LogP contribution < -0.4 is 10.2 Å². The van der Waals surface area contributed by atoms with E-state index in [1.165, 1.54) is 12.1 Å². The molecule has 1 N–H and O–H groups in total. The largest absolute Gasteiger partial charge is 0.416 e. The molecule has 0 aromatic heterocycles. The third-order valence-electron chi connectivity index (χ3n) is 3.01. The van der Waals surface area contributed by atoms with Crippen molar-refractivity contribution in [2.75, 3.05) is 18.0 Å². The highest BCUT2D eigenvalue weighted by atomic mass is 19.4. The maximum Gasteiger partial charge on any atom is 0.416 e. The average molecular weight is 257 g/mol. The molecule has 97 valence electrons. The lowest BCUT2D eigenvalue weighted by atomic mass is 10.2. The third kappa shape index (κ3) is 2.75. The SMILES string of the molecule is O=[C]NC1CCN(c2ccc(C(F)(F)F)cc2)C1. The van der Waals surface area contributed by atoms with Crippen LogP contribution in [0.3, 0.4) is 0 Å². The van der Waals surface area contributed by atoms with Crippen molar-refractivity contribution in [3.05, 3.63) is 29.8 Å². The summed E-state index contributed by atoms with van der Waals surface area (Å²) < 4.78 is 37.2. The molecule has 1 unspecified atom stereocenters. The summed E-state index contributed by atoms with van der Waals surface area (Å²) in [5.41, 5.74) is 0.0829. The molecule has 18 heavy (non-hydrogen) atoms. The molecule has 6 heteroatoms. The minimum Gasteiger partial charge on any atom is -0.369 e. The Labute approximate surface area is 103 Å². The molecule has 1 atom stereocenters. The summed E-state index contributed by atoms with van der Waals surface area (Å²) in [6, 6.07) is 5.07. The van der Waals surface area contributed by atoms with Crippen molar-refractivity contribution in [3.8, 4) is 0 Å². The van der Waals surface area contributed by atoms with Crippen LogP contribution in [0.2, 0.25) is 0 Å². The van der Waals surface area contributed by atoms with Crippen molar-refractivity contribution in [3.63, 3.8) is 0 Å². The number of hydrogen-bond donors (Lipinski definition) is 1. The number of halogens is 3. The number of anilines is 1. The van der Waals surface area contributed by atoms with Crippen LogP contribution >= 0.6 is 0 Å². The first kappa shape index (κ1) is 12.7. The summed E-state index contributed by atoms with van der Waals surface area (Å²) in [7, 11) is 0. The van der Waals surface area contributed by atoms with Crippen LogP contribution in [-0.2, 0) is 11.0 Å². The number of carbonyl (C=O) groups excluding carboxylic acids is 1. The maximum atomic E-state index is 12.4. The maximum absolute atomic E-state index is 12.4. The molecule has 0 saturated carbocycles. The van der Waals surface area contributed by atoms with Gasteiger partial charge in [-0.15, -0.1) is 0 Å². The van der Waals surface area contributed by atoms with Gasteiger partial charge in [0.2, 0.25) is 0 Å². The standard InChI is InChI=1S/C12H12F3N2O/c13-12(14,15)9-1-3-11(4-2-9)17-6-5-10(7-17)16-8-18/h1-4,10H,5-7H2,(H,16,18). The molecule has 1 fully saturated rings. The van der Waals surface area contributed by atoms with Gasteiger partial charge in [0.05, 0.1) is 5.56 Å². The van der Waals surface area contributed by atoms with Gasteiger partial charge in [0.1, 0.15) is 0 Å². The van der Waals surface area contributed by atoms with E-state index < -0.39 is 11.7 Å². The Hall–Kier alpha value is -1.72. The first-order valence-electron chi connectivity index (χ1n) is 5.55. The first-order chi connectivity index (χ1) is 8.50. The molecule has 1 aliphatic heterocycles. The van der Waals surface area contributed by atoms with Crippen LogP contribution in [0, 0.1) is 0 Å². The fourth-order valence-corrected chi connectivity index (χ4v) is 2.06. The van der Waals surface area contributed by atoms with Gasteiger partial charge in [0, 0.05) is 24.8 Å². The predicted octanol–water partition coefficient (Wildman–Crippen LogP) is 1.94. The summed E-state index contributed by atoms with van der Waals surface area (Å²) in [6.45, 7) is 1.31. The lowest BCUT2D eigenvalue weighted by Gasteiger charge is -2.19. The van der Waals surface area contributed by atoms with Crippen molar-refractivity contribution in [1.82, 2.24) is 5.32 Å². The van der Waals surface area contributed by atoms with E-state index in [1.807, 2.05) is 4.90 Å². The highest BCUT2D eigenvalue weighted by Gasteiger charge is 2.30. The Balaban J connectivity index is 2.05. The molecule has 0 spiro atoms. The number of rotatable bonds is 3. The Morgan fingerprint density at radius 3 is 2.50 bits per heavy atom. The van der Waals surface area contributed by atoms with Gasteiger partial charge in [-0.05, 0) is 30.7 Å². The van der Waals surface area contributed by atoms with Crippen LogP contribution in [0.25, 0.3) is 0 Å². The molecule has 1 radical (unpaired) electrons. The minimum absolute atomic E-state index is 0.0183. The van der Waals surface area contributed by atoms with E-state index in [0.29, 0.717) is 13.1 Å². The average Bonchev–Trinajstić information content (AvgIpc) is 2.77. The summed E-state index contributed by atoms with van der Waals surface area (Å²) in [5, 5.41) is 2.55. The molecule has 0 bridgehead atoms. The molecule has 1 heterocycles. The van der Waals surface area contributed by atoms with Crippen molar-refractivity contribution >= 4 is 12.1 Å². The van der Waals surface area contributed by atoms with Gasteiger partial charge in [-0.1, -0.05) is 0 Å². The zero-order chi connectivity index (χ0) is 13.2. The molecular formula is C12H12F3N2O. The van der Waals surface area contributed by atoms with Crippen LogP contribution in [0.5, 0.6) is 0 Å². The highest BCUT2D eigenvalue weighted by molar-refractivity contribution is 5.51. The van der Waals surface area contributed by atoms with E-state index in [1.54, 1.807) is 6.41 Å². The number of alkyl halides is 3. The number of nitrogens with zero attached hydrogens (tertiary/aromatic N) is 1. The summed E-state index contributed by atoms with van der Waals surface area (Å²) in [6.07, 6.45) is -1.90. The van der Waals surface area contributed by atoms with Crippen molar-refractivity contribution < 1.29 is 18.0 Å². The molecule has 1 aromatic rings. The molecular weight excluding hydrogens is 245 g/mol. The van der Waals surface area contributed by atoms with Crippen LogP contribution in [0.4, 0.5) is 18.9 Å². The Bertz CT molecular complexity index is 416. The summed E-state index contributed by atoms with van der Waals surface area (Å²) >= 11 is 0. The smallest absolute Gasteiger partial charge is 0.369 e.